The number of nitrogen functional groups attached to an aromatic ring is 1. The maximum Gasteiger partial charge on any atom is 0.419 e. The third-order valence-electron chi connectivity index (χ3n) is 5.73. The number of sulfonamides is 1. The van der Waals surface area contributed by atoms with E-state index in [-0.39, 0.29) is 23.5 Å². The number of rotatable bonds is 6. The quantitative estimate of drug-likeness (QED) is 0.575. The van der Waals surface area contributed by atoms with Gasteiger partial charge in [-0.1, -0.05) is 6.07 Å². The van der Waals surface area contributed by atoms with Gasteiger partial charge in [-0.3, -0.25) is 0 Å². The molecule has 0 bridgehead atoms. The topological polar surface area (TPSA) is 95.7 Å². The molecule has 4 N–H and O–H groups in total. The summed E-state index contributed by atoms with van der Waals surface area (Å²) in [4.78, 5) is 0.192. The van der Waals surface area contributed by atoms with E-state index in [1.54, 1.807) is 19.2 Å². The van der Waals surface area contributed by atoms with Crippen molar-refractivity contribution >= 4 is 15.7 Å². The van der Waals surface area contributed by atoms with Crippen molar-refractivity contribution in [1.29, 1.82) is 0 Å². The third-order valence-corrected chi connectivity index (χ3v) is 7.65. The molecule has 2 aromatic carbocycles. The Bertz CT molecular complexity index is 1000. The Morgan fingerprint density at radius 1 is 1.10 bits per heavy atom. The van der Waals surface area contributed by atoms with E-state index < -0.39 is 27.5 Å². The van der Waals surface area contributed by atoms with Gasteiger partial charge in [-0.25, -0.2) is 8.42 Å². The van der Waals surface area contributed by atoms with Gasteiger partial charge >= 0.3 is 6.18 Å². The summed E-state index contributed by atoms with van der Waals surface area (Å²) in [5.74, 6) is -0.790. The zero-order valence-corrected chi connectivity index (χ0v) is 17.9. The van der Waals surface area contributed by atoms with Crippen molar-refractivity contribution in [2.45, 2.75) is 55.4 Å². The molecule has 0 radical (unpaired) electrons. The third kappa shape index (κ3) is 5.50. The van der Waals surface area contributed by atoms with Crippen molar-refractivity contribution in [2.75, 3.05) is 12.8 Å². The number of benzene rings is 2. The predicted molar refractivity (Wildman–Crippen MR) is 112 cm³/mol. The molecular weight excluding hydrogens is 431 g/mol. The largest absolute Gasteiger partial charge is 0.507 e. The molecule has 1 saturated carbocycles. The van der Waals surface area contributed by atoms with Crippen LogP contribution in [-0.4, -0.2) is 37.0 Å². The number of phenolic OH excluding ortho intramolecular Hbond substituents is 1. The summed E-state index contributed by atoms with van der Waals surface area (Å²) in [5, 5.41) is 12.7. The number of alkyl halides is 3. The second-order valence-corrected chi connectivity index (χ2v) is 9.82. The van der Waals surface area contributed by atoms with Crippen molar-refractivity contribution in [3.05, 3.63) is 53.6 Å². The van der Waals surface area contributed by atoms with E-state index in [2.05, 4.69) is 5.32 Å². The first-order valence-electron chi connectivity index (χ1n) is 9.94. The van der Waals surface area contributed by atoms with Gasteiger partial charge in [0.15, 0.2) is 0 Å². The zero-order chi connectivity index (χ0) is 22.8. The molecule has 170 valence electrons. The summed E-state index contributed by atoms with van der Waals surface area (Å²) in [7, 11) is -2.06. The highest BCUT2D eigenvalue weighted by atomic mass is 32.2. The SMILES string of the molecule is CN(C1CCC(NCc2ccc(O)c(C(F)(F)F)c2)CC1)S(=O)(=O)c1ccc(N)cc1. The van der Waals surface area contributed by atoms with Crippen molar-refractivity contribution in [3.8, 4) is 5.75 Å². The summed E-state index contributed by atoms with van der Waals surface area (Å²) in [6.45, 7) is 0.234. The molecule has 31 heavy (non-hydrogen) atoms. The van der Waals surface area contributed by atoms with E-state index in [0.717, 1.165) is 12.1 Å². The fourth-order valence-corrected chi connectivity index (χ4v) is 5.24. The van der Waals surface area contributed by atoms with Gasteiger partial charge in [-0.15, -0.1) is 0 Å². The zero-order valence-electron chi connectivity index (χ0n) is 17.1. The maximum absolute atomic E-state index is 12.9. The highest BCUT2D eigenvalue weighted by Crippen LogP contribution is 2.36. The predicted octanol–water partition coefficient (Wildman–Crippen LogP) is 3.71. The van der Waals surface area contributed by atoms with E-state index in [4.69, 9.17) is 5.73 Å². The summed E-state index contributed by atoms with van der Waals surface area (Å²) >= 11 is 0. The number of aromatic hydroxyl groups is 1. The van der Waals surface area contributed by atoms with Crippen molar-refractivity contribution in [1.82, 2.24) is 9.62 Å². The van der Waals surface area contributed by atoms with Crippen LogP contribution in [0.4, 0.5) is 18.9 Å². The van der Waals surface area contributed by atoms with Crippen LogP contribution >= 0.6 is 0 Å². The van der Waals surface area contributed by atoms with Gasteiger partial charge in [0.25, 0.3) is 0 Å². The van der Waals surface area contributed by atoms with Gasteiger partial charge in [-0.2, -0.15) is 17.5 Å². The normalized spacial score (nSPS) is 20.2. The van der Waals surface area contributed by atoms with Crippen LogP contribution in [-0.2, 0) is 22.7 Å². The molecule has 0 amide bonds. The van der Waals surface area contributed by atoms with Gasteiger partial charge in [0.05, 0.1) is 10.5 Å². The highest BCUT2D eigenvalue weighted by molar-refractivity contribution is 7.89. The van der Waals surface area contributed by atoms with Gasteiger partial charge in [0, 0.05) is 31.4 Å². The highest BCUT2D eigenvalue weighted by Gasteiger charge is 2.34. The second-order valence-electron chi connectivity index (χ2n) is 7.83. The molecule has 0 aromatic heterocycles. The molecule has 10 heteroatoms. The molecule has 1 fully saturated rings. The van der Waals surface area contributed by atoms with E-state index >= 15 is 0 Å². The first-order chi connectivity index (χ1) is 14.5. The summed E-state index contributed by atoms with van der Waals surface area (Å²) in [6.07, 6.45) is -1.91. The van der Waals surface area contributed by atoms with Gasteiger partial charge in [-0.05, 0) is 67.6 Å². The molecule has 0 aliphatic heterocycles. The van der Waals surface area contributed by atoms with Crippen LogP contribution in [0.5, 0.6) is 5.75 Å². The second kappa shape index (κ2) is 9.05. The Morgan fingerprint density at radius 2 is 1.71 bits per heavy atom. The van der Waals surface area contributed by atoms with E-state index in [1.165, 1.54) is 22.5 Å². The Morgan fingerprint density at radius 3 is 2.29 bits per heavy atom. The molecule has 1 aliphatic rings. The number of hydrogen-bond acceptors (Lipinski definition) is 5. The Balaban J connectivity index is 1.56. The minimum absolute atomic E-state index is 0.0759. The van der Waals surface area contributed by atoms with Gasteiger partial charge in [0.1, 0.15) is 5.75 Å². The van der Waals surface area contributed by atoms with Crippen molar-refractivity contribution < 1.29 is 26.7 Å². The van der Waals surface area contributed by atoms with E-state index in [1.807, 2.05) is 0 Å². The van der Waals surface area contributed by atoms with Crippen molar-refractivity contribution in [2.24, 2.45) is 0 Å². The van der Waals surface area contributed by atoms with Crippen LogP contribution in [0.1, 0.15) is 36.8 Å². The first-order valence-corrected chi connectivity index (χ1v) is 11.4. The number of anilines is 1. The van der Waals surface area contributed by atoms with Crippen LogP contribution in [0.15, 0.2) is 47.4 Å². The smallest absolute Gasteiger partial charge is 0.419 e. The molecule has 0 saturated heterocycles. The number of halogens is 3. The van der Waals surface area contributed by atoms with Crippen LogP contribution in [0, 0.1) is 0 Å². The summed E-state index contributed by atoms with van der Waals surface area (Å²) in [5.41, 5.74) is 5.49. The van der Waals surface area contributed by atoms with Crippen LogP contribution < -0.4 is 11.1 Å². The molecule has 0 atom stereocenters. The fourth-order valence-electron chi connectivity index (χ4n) is 3.83. The number of nitrogens with zero attached hydrogens (tertiary/aromatic N) is 1. The lowest BCUT2D eigenvalue weighted by Gasteiger charge is -2.34. The molecule has 0 spiro atoms. The molecular formula is C21H26F3N3O3S. The number of phenols is 1. The summed E-state index contributed by atoms with van der Waals surface area (Å²) in [6, 6.07) is 9.45. The lowest BCUT2D eigenvalue weighted by molar-refractivity contribution is -0.138. The Hall–Kier alpha value is -2.30. The summed E-state index contributed by atoms with van der Waals surface area (Å²) < 4.78 is 65.9. The fraction of sp³-hybridized carbons (Fsp3) is 0.429. The van der Waals surface area contributed by atoms with Crippen LogP contribution in [0.3, 0.4) is 0 Å². The average molecular weight is 458 g/mol. The molecule has 3 rings (SSSR count). The minimum atomic E-state index is -4.61. The lowest BCUT2D eigenvalue weighted by Crippen LogP contribution is -2.43. The van der Waals surface area contributed by atoms with Crippen molar-refractivity contribution in [3.63, 3.8) is 0 Å². The Labute approximate surface area is 179 Å². The molecule has 6 nitrogen and oxygen atoms in total. The molecule has 2 aromatic rings. The van der Waals surface area contributed by atoms with Crippen LogP contribution in [0.2, 0.25) is 0 Å². The number of nitrogens with one attached hydrogen (secondary N) is 1. The lowest BCUT2D eigenvalue weighted by atomic mass is 9.91. The van der Waals surface area contributed by atoms with Gasteiger partial charge in [0.2, 0.25) is 10.0 Å². The maximum atomic E-state index is 12.9. The average Bonchev–Trinajstić information content (AvgIpc) is 2.72. The standard InChI is InChI=1S/C21H26F3N3O3S/c1-27(31(29,30)18-9-3-15(25)4-10-18)17-7-5-16(6-8-17)26-13-14-2-11-20(28)19(12-14)21(22,23)24/h2-4,9-12,16-17,26,28H,5-8,13,25H2,1H3. The Kier molecular flexibility index (Phi) is 6.82. The van der Waals surface area contributed by atoms with E-state index in [0.29, 0.717) is 36.9 Å². The molecule has 1 aliphatic carbocycles. The molecule has 0 unspecified atom stereocenters. The van der Waals surface area contributed by atoms with Crippen LogP contribution in [0.25, 0.3) is 0 Å². The van der Waals surface area contributed by atoms with E-state index in [9.17, 15) is 26.7 Å². The monoisotopic (exact) mass is 457 g/mol. The first kappa shape index (κ1) is 23.4. The van der Waals surface area contributed by atoms with Gasteiger partial charge < -0.3 is 16.2 Å². The molecule has 0 heterocycles. The minimum Gasteiger partial charge on any atom is -0.507 e. The number of nitrogens with two attached hydrogens (primary N) is 1. The number of hydrogen-bond donors (Lipinski definition) is 3.